The van der Waals surface area contributed by atoms with Crippen LogP contribution >= 0.6 is 0 Å². The molecule has 232 valence electrons. The SMILES string of the molecule is CCOC(=O)[C@H](CCc1ccccc1)N[C@@H](C)C(=O)C(=O)OC(=O)C(=O)[C@H](C)N[C@@H](CCc1ccccc1)C(=O)OCC. The van der Waals surface area contributed by atoms with Crippen molar-refractivity contribution in [1.29, 1.82) is 0 Å². The van der Waals surface area contributed by atoms with Crippen LogP contribution in [0.5, 0.6) is 0 Å². The summed E-state index contributed by atoms with van der Waals surface area (Å²) in [6.07, 6.45) is 1.56. The Hall–Kier alpha value is -4.22. The van der Waals surface area contributed by atoms with E-state index in [1.807, 2.05) is 60.7 Å². The first-order valence-corrected chi connectivity index (χ1v) is 14.3. The zero-order valence-electron chi connectivity index (χ0n) is 25.0. The summed E-state index contributed by atoms with van der Waals surface area (Å²) in [5.41, 5.74) is 1.93. The molecule has 2 N–H and O–H groups in total. The van der Waals surface area contributed by atoms with Crippen molar-refractivity contribution in [2.75, 3.05) is 13.2 Å². The smallest absolute Gasteiger partial charge is 0.384 e. The fourth-order valence-corrected chi connectivity index (χ4v) is 4.23. The maximum absolute atomic E-state index is 12.7. The number of carbonyl (C=O) groups is 6. The van der Waals surface area contributed by atoms with Gasteiger partial charge in [0, 0.05) is 0 Å². The molecule has 0 radical (unpaired) electrons. The summed E-state index contributed by atoms with van der Waals surface area (Å²) >= 11 is 0. The number of Topliss-reactive ketones (excluding diaryl/α,β-unsaturated/α-hetero) is 2. The lowest BCUT2D eigenvalue weighted by Crippen LogP contribution is -2.50. The van der Waals surface area contributed by atoms with Gasteiger partial charge in [0.2, 0.25) is 0 Å². The first-order valence-electron chi connectivity index (χ1n) is 14.3. The molecule has 0 fully saturated rings. The Kier molecular flexibility index (Phi) is 14.9. The van der Waals surface area contributed by atoms with E-state index in [1.54, 1.807) is 13.8 Å². The normalized spacial score (nSPS) is 13.6. The molecule has 0 unspecified atom stereocenters. The Labute approximate surface area is 251 Å². The molecule has 0 saturated carbocycles. The standard InChI is InChI=1S/C32H40N2O9/c1-5-41-29(37)25(19-17-23-13-9-7-10-14-23)33-21(3)27(35)31(39)43-32(40)28(36)22(4)34-26(30(38)42-6-2)20-18-24-15-11-8-12-16-24/h7-16,21-22,25-26,33-34H,5-6,17-20H2,1-4H3/t21-,22-,25-,26-/m0/s1. The van der Waals surface area contributed by atoms with Crippen LogP contribution in [0.1, 0.15) is 51.7 Å². The minimum Gasteiger partial charge on any atom is -0.465 e. The molecule has 0 aromatic heterocycles. The first-order chi connectivity index (χ1) is 20.6. The van der Waals surface area contributed by atoms with Gasteiger partial charge in [0.25, 0.3) is 11.6 Å². The minimum atomic E-state index is -1.55. The number of ketones is 2. The summed E-state index contributed by atoms with van der Waals surface area (Å²) in [6, 6.07) is 14.5. The summed E-state index contributed by atoms with van der Waals surface area (Å²) < 4.78 is 14.8. The number of nitrogens with one attached hydrogen (secondary N) is 2. The van der Waals surface area contributed by atoms with E-state index in [9.17, 15) is 28.8 Å². The number of carbonyl (C=O) groups excluding carboxylic acids is 6. The van der Waals surface area contributed by atoms with Gasteiger partial charge in [-0.1, -0.05) is 60.7 Å². The van der Waals surface area contributed by atoms with E-state index in [4.69, 9.17) is 9.47 Å². The van der Waals surface area contributed by atoms with Gasteiger partial charge in [-0.3, -0.25) is 29.8 Å². The highest BCUT2D eigenvalue weighted by molar-refractivity contribution is 6.43. The van der Waals surface area contributed by atoms with Crippen molar-refractivity contribution >= 4 is 35.4 Å². The van der Waals surface area contributed by atoms with Crippen LogP contribution in [-0.2, 0) is 55.8 Å². The predicted molar refractivity (Wildman–Crippen MR) is 157 cm³/mol. The highest BCUT2D eigenvalue weighted by atomic mass is 16.6. The zero-order chi connectivity index (χ0) is 31.8. The molecule has 2 aromatic rings. The average Bonchev–Trinajstić information content (AvgIpc) is 3.01. The Morgan fingerprint density at radius 1 is 0.605 bits per heavy atom. The molecule has 0 spiro atoms. The second-order valence-corrected chi connectivity index (χ2v) is 9.84. The van der Waals surface area contributed by atoms with Crippen molar-refractivity contribution in [2.24, 2.45) is 0 Å². The molecule has 43 heavy (non-hydrogen) atoms. The topological polar surface area (TPSA) is 154 Å². The van der Waals surface area contributed by atoms with Crippen molar-refractivity contribution in [2.45, 2.75) is 77.5 Å². The molecule has 11 nitrogen and oxygen atoms in total. The van der Waals surface area contributed by atoms with Gasteiger partial charge in [0.1, 0.15) is 12.1 Å². The monoisotopic (exact) mass is 596 g/mol. The van der Waals surface area contributed by atoms with Crippen molar-refractivity contribution in [1.82, 2.24) is 10.6 Å². The van der Waals surface area contributed by atoms with Gasteiger partial charge in [0.05, 0.1) is 25.3 Å². The number of hydrogen-bond donors (Lipinski definition) is 2. The summed E-state index contributed by atoms with van der Waals surface area (Å²) in [5, 5.41) is 5.54. The summed E-state index contributed by atoms with van der Waals surface area (Å²) in [5.74, 6) is -6.60. The lowest BCUT2D eigenvalue weighted by molar-refractivity contribution is -0.168. The van der Waals surface area contributed by atoms with Gasteiger partial charge in [-0.15, -0.1) is 0 Å². The molecule has 0 bridgehead atoms. The summed E-state index contributed by atoms with van der Waals surface area (Å²) in [7, 11) is 0. The number of ether oxygens (including phenoxy) is 3. The zero-order valence-corrected chi connectivity index (χ0v) is 25.0. The van der Waals surface area contributed by atoms with Crippen LogP contribution in [0.25, 0.3) is 0 Å². The molecule has 0 amide bonds. The highest BCUT2D eigenvalue weighted by Gasteiger charge is 2.34. The van der Waals surface area contributed by atoms with Crippen LogP contribution in [-0.4, -0.2) is 72.8 Å². The third-order valence-corrected chi connectivity index (χ3v) is 6.55. The number of benzene rings is 2. The van der Waals surface area contributed by atoms with Gasteiger partial charge in [-0.25, -0.2) is 9.59 Å². The molecular weight excluding hydrogens is 556 g/mol. The second kappa shape index (κ2) is 18.3. The Bertz CT molecular complexity index is 1140. The Morgan fingerprint density at radius 3 is 1.28 bits per heavy atom. The number of hydrogen-bond acceptors (Lipinski definition) is 11. The van der Waals surface area contributed by atoms with Crippen LogP contribution in [0.4, 0.5) is 0 Å². The van der Waals surface area contributed by atoms with E-state index in [-0.39, 0.29) is 26.1 Å². The van der Waals surface area contributed by atoms with Gasteiger partial charge >= 0.3 is 23.9 Å². The van der Waals surface area contributed by atoms with Gasteiger partial charge < -0.3 is 14.2 Å². The first kappa shape index (κ1) is 35.0. The minimum absolute atomic E-state index is 0.124. The molecule has 4 atom stereocenters. The average molecular weight is 597 g/mol. The quantitative estimate of drug-likeness (QED) is 0.113. The van der Waals surface area contributed by atoms with Crippen LogP contribution < -0.4 is 10.6 Å². The molecular formula is C32H40N2O9. The summed E-state index contributed by atoms with van der Waals surface area (Å²) in [6.45, 7) is 6.22. The van der Waals surface area contributed by atoms with Crippen LogP contribution in [0.3, 0.4) is 0 Å². The lowest BCUT2D eigenvalue weighted by Gasteiger charge is -2.21. The predicted octanol–water partition coefficient (Wildman–Crippen LogP) is 2.28. The highest BCUT2D eigenvalue weighted by Crippen LogP contribution is 2.10. The van der Waals surface area contributed by atoms with Gasteiger partial charge in [-0.05, 0) is 64.5 Å². The molecule has 2 aromatic carbocycles. The third kappa shape index (κ3) is 11.9. The Balaban J connectivity index is 1.96. The van der Waals surface area contributed by atoms with Crippen molar-refractivity contribution in [3.8, 4) is 0 Å². The Morgan fingerprint density at radius 2 is 0.953 bits per heavy atom. The molecule has 0 heterocycles. The maximum atomic E-state index is 12.7. The summed E-state index contributed by atoms with van der Waals surface area (Å²) in [4.78, 5) is 75.3. The van der Waals surface area contributed by atoms with Crippen molar-refractivity contribution in [3.05, 3.63) is 71.8 Å². The molecule has 2 rings (SSSR count). The van der Waals surface area contributed by atoms with E-state index in [0.29, 0.717) is 12.8 Å². The number of aryl methyl sites for hydroxylation is 2. The van der Waals surface area contributed by atoms with E-state index >= 15 is 0 Å². The molecule has 0 aliphatic heterocycles. The fourth-order valence-electron chi connectivity index (χ4n) is 4.23. The van der Waals surface area contributed by atoms with Gasteiger partial charge in [0.15, 0.2) is 0 Å². The lowest BCUT2D eigenvalue weighted by atomic mass is 10.0. The fraction of sp³-hybridized carbons (Fsp3) is 0.438. The number of esters is 4. The van der Waals surface area contributed by atoms with Crippen molar-refractivity contribution in [3.63, 3.8) is 0 Å². The third-order valence-electron chi connectivity index (χ3n) is 6.55. The van der Waals surface area contributed by atoms with Crippen LogP contribution in [0, 0.1) is 0 Å². The van der Waals surface area contributed by atoms with E-state index < -0.39 is 59.6 Å². The number of rotatable bonds is 18. The molecule has 0 aliphatic rings. The molecule has 0 aliphatic carbocycles. The van der Waals surface area contributed by atoms with Gasteiger partial charge in [-0.2, -0.15) is 0 Å². The van der Waals surface area contributed by atoms with Crippen molar-refractivity contribution < 1.29 is 43.0 Å². The van der Waals surface area contributed by atoms with E-state index in [2.05, 4.69) is 15.4 Å². The van der Waals surface area contributed by atoms with Crippen LogP contribution in [0.2, 0.25) is 0 Å². The second-order valence-electron chi connectivity index (χ2n) is 9.84. The molecule has 0 saturated heterocycles. The maximum Gasteiger partial charge on any atom is 0.384 e. The molecule has 11 heteroatoms. The van der Waals surface area contributed by atoms with Crippen LogP contribution in [0.15, 0.2) is 60.7 Å². The van der Waals surface area contributed by atoms with E-state index in [0.717, 1.165) is 11.1 Å². The van der Waals surface area contributed by atoms with E-state index in [1.165, 1.54) is 13.8 Å². The largest absolute Gasteiger partial charge is 0.465 e.